The van der Waals surface area contributed by atoms with Crippen LogP contribution >= 0.6 is 22.9 Å². The Morgan fingerprint density at radius 3 is 2.57 bits per heavy atom. The Kier molecular flexibility index (Phi) is 5.47. The summed E-state index contributed by atoms with van der Waals surface area (Å²) in [7, 11) is 1.97. The molecule has 2 aromatic heterocycles. The zero-order valence-corrected chi connectivity index (χ0v) is 15.0. The molecule has 1 unspecified atom stereocenters. The highest BCUT2D eigenvalue weighted by molar-refractivity contribution is 7.12. The quantitative estimate of drug-likeness (QED) is 0.856. The summed E-state index contributed by atoms with van der Waals surface area (Å²) < 4.78 is 1.91. The molecule has 116 valence electrons. The number of nitrogens with one attached hydrogen (secondary N) is 1. The van der Waals surface area contributed by atoms with Gasteiger partial charge < -0.3 is 5.32 Å². The zero-order valence-electron chi connectivity index (χ0n) is 13.5. The summed E-state index contributed by atoms with van der Waals surface area (Å²) in [5.74, 6) is 0. The van der Waals surface area contributed by atoms with Crippen LogP contribution in [0.1, 0.15) is 46.1 Å². The Morgan fingerprint density at radius 2 is 2.10 bits per heavy atom. The van der Waals surface area contributed by atoms with Crippen molar-refractivity contribution in [2.24, 2.45) is 7.05 Å². The van der Waals surface area contributed by atoms with E-state index in [4.69, 9.17) is 11.6 Å². The van der Waals surface area contributed by atoms with Crippen molar-refractivity contribution >= 4 is 22.9 Å². The second-order valence-electron chi connectivity index (χ2n) is 5.57. The highest BCUT2D eigenvalue weighted by atomic mass is 35.5. The Morgan fingerprint density at radius 1 is 1.38 bits per heavy atom. The van der Waals surface area contributed by atoms with Gasteiger partial charge in [0.2, 0.25) is 0 Å². The number of hydrogen-bond acceptors (Lipinski definition) is 3. The van der Waals surface area contributed by atoms with Crippen LogP contribution in [0.15, 0.2) is 6.07 Å². The maximum atomic E-state index is 6.41. The van der Waals surface area contributed by atoms with Crippen LogP contribution in [0.4, 0.5) is 0 Å². The first kappa shape index (κ1) is 16.5. The van der Waals surface area contributed by atoms with E-state index in [9.17, 15) is 0 Å². The van der Waals surface area contributed by atoms with Crippen LogP contribution in [0.3, 0.4) is 0 Å². The fourth-order valence-electron chi connectivity index (χ4n) is 2.46. The largest absolute Gasteiger partial charge is 0.309 e. The van der Waals surface area contributed by atoms with Gasteiger partial charge in [0.25, 0.3) is 0 Å². The molecule has 0 aliphatic carbocycles. The SMILES string of the molecule is CCCNC(Cc1c(Cl)c(C)nn1C)c1cc(C)c(C)s1. The third-order valence-electron chi connectivity index (χ3n) is 3.83. The van der Waals surface area contributed by atoms with Crippen LogP contribution in [0.5, 0.6) is 0 Å². The first-order valence-electron chi connectivity index (χ1n) is 7.42. The molecule has 0 spiro atoms. The summed E-state index contributed by atoms with van der Waals surface area (Å²) in [6, 6.07) is 2.60. The Labute approximate surface area is 136 Å². The number of aromatic nitrogens is 2. The maximum absolute atomic E-state index is 6.41. The molecular formula is C16H24ClN3S. The molecule has 0 saturated heterocycles. The van der Waals surface area contributed by atoms with Gasteiger partial charge in [-0.25, -0.2) is 0 Å². The van der Waals surface area contributed by atoms with Crippen LogP contribution in [0.2, 0.25) is 5.02 Å². The molecule has 0 aliphatic heterocycles. The predicted molar refractivity (Wildman–Crippen MR) is 91.5 cm³/mol. The van der Waals surface area contributed by atoms with Crippen molar-refractivity contribution in [3.05, 3.63) is 37.8 Å². The molecule has 1 N–H and O–H groups in total. The number of thiophene rings is 1. The molecule has 0 fully saturated rings. The van der Waals surface area contributed by atoms with Gasteiger partial charge in [0.05, 0.1) is 16.4 Å². The second kappa shape index (κ2) is 6.95. The number of hydrogen-bond donors (Lipinski definition) is 1. The summed E-state index contributed by atoms with van der Waals surface area (Å²) in [4.78, 5) is 2.77. The zero-order chi connectivity index (χ0) is 15.6. The molecule has 1 atom stereocenters. The Hall–Kier alpha value is -0.840. The van der Waals surface area contributed by atoms with Gasteiger partial charge in [0.1, 0.15) is 0 Å². The second-order valence-corrected chi connectivity index (χ2v) is 7.23. The van der Waals surface area contributed by atoms with Gasteiger partial charge in [0.15, 0.2) is 0 Å². The molecule has 2 heterocycles. The molecule has 2 rings (SSSR count). The summed E-state index contributed by atoms with van der Waals surface area (Å²) in [5.41, 5.74) is 3.37. The van der Waals surface area contributed by atoms with Gasteiger partial charge >= 0.3 is 0 Å². The van der Waals surface area contributed by atoms with E-state index in [-0.39, 0.29) is 0 Å². The lowest BCUT2D eigenvalue weighted by Gasteiger charge is -2.17. The van der Waals surface area contributed by atoms with Gasteiger partial charge in [-0.3, -0.25) is 4.68 Å². The highest BCUT2D eigenvalue weighted by Gasteiger charge is 2.20. The lowest BCUT2D eigenvalue weighted by atomic mass is 10.1. The summed E-state index contributed by atoms with van der Waals surface area (Å²) in [6.07, 6.45) is 1.99. The Balaban J connectivity index is 2.28. The van der Waals surface area contributed by atoms with Crippen LogP contribution in [-0.2, 0) is 13.5 Å². The first-order valence-corrected chi connectivity index (χ1v) is 8.61. The molecule has 21 heavy (non-hydrogen) atoms. The third-order valence-corrected chi connectivity index (χ3v) is 5.59. The minimum Gasteiger partial charge on any atom is -0.309 e. The number of rotatable bonds is 6. The van der Waals surface area contributed by atoms with Gasteiger partial charge in [-0.05, 0) is 45.4 Å². The monoisotopic (exact) mass is 325 g/mol. The fraction of sp³-hybridized carbons (Fsp3) is 0.562. The molecule has 0 radical (unpaired) electrons. The fourth-order valence-corrected chi connectivity index (χ4v) is 3.82. The van der Waals surface area contributed by atoms with Crippen LogP contribution in [0, 0.1) is 20.8 Å². The lowest BCUT2D eigenvalue weighted by molar-refractivity contribution is 0.519. The number of halogens is 1. The van der Waals surface area contributed by atoms with Gasteiger partial charge in [-0.15, -0.1) is 11.3 Å². The minimum absolute atomic E-state index is 0.301. The first-order chi connectivity index (χ1) is 9.93. The summed E-state index contributed by atoms with van der Waals surface area (Å²) in [5, 5.41) is 8.87. The van der Waals surface area contributed by atoms with E-state index in [2.05, 4.69) is 37.3 Å². The predicted octanol–water partition coefficient (Wildman–Crippen LogP) is 4.34. The summed E-state index contributed by atoms with van der Waals surface area (Å²) >= 11 is 8.28. The third kappa shape index (κ3) is 3.68. The van der Waals surface area contributed by atoms with Gasteiger partial charge in [0, 0.05) is 29.3 Å². The topological polar surface area (TPSA) is 29.9 Å². The molecule has 0 saturated carbocycles. The lowest BCUT2D eigenvalue weighted by Crippen LogP contribution is -2.24. The van der Waals surface area contributed by atoms with E-state index in [1.54, 1.807) is 0 Å². The molecule has 2 aromatic rings. The summed E-state index contributed by atoms with van der Waals surface area (Å²) in [6.45, 7) is 9.51. The number of nitrogens with zero attached hydrogens (tertiary/aromatic N) is 2. The standard InChI is InChI=1S/C16H24ClN3S/c1-6-7-18-13(15-8-10(2)12(4)21-15)9-14-16(17)11(3)19-20(14)5/h8,13,18H,6-7,9H2,1-5H3. The van der Waals surface area contributed by atoms with E-state index in [1.807, 2.05) is 30.0 Å². The molecule has 0 amide bonds. The smallest absolute Gasteiger partial charge is 0.0847 e. The molecular weight excluding hydrogens is 302 g/mol. The van der Waals surface area contributed by atoms with E-state index in [1.165, 1.54) is 15.3 Å². The van der Waals surface area contributed by atoms with E-state index < -0.39 is 0 Å². The average Bonchev–Trinajstić information content (AvgIpc) is 2.88. The van der Waals surface area contributed by atoms with Crippen LogP contribution in [-0.4, -0.2) is 16.3 Å². The molecule has 0 aliphatic rings. The molecule has 0 bridgehead atoms. The van der Waals surface area contributed by atoms with Crippen molar-refractivity contribution < 1.29 is 0 Å². The maximum Gasteiger partial charge on any atom is 0.0847 e. The molecule has 5 heteroatoms. The minimum atomic E-state index is 0.301. The van der Waals surface area contributed by atoms with E-state index >= 15 is 0 Å². The van der Waals surface area contributed by atoms with E-state index in [0.29, 0.717) is 6.04 Å². The Bertz CT molecular complexity index is 596. The highest BCUT2D eigenvalue weighted by Crippen LogP contribution is 2.31. The van der Waals surface area contributed by atoms with E-state index in [0.717, 1.165) is 35.8 Å². The van der Waals surface area contributed by atoms with Crippen LogP contribution in [0.25, 0.3) is 0 Å². The van der Waals surface area contributed by atoms with Crippen molar-refractivity contribution in [2.45, 2.75) is 46.6 Å². The van der Waals surface area contributed by atoms with Crippen molar-refractivity contribution in [1.29, 1.82) is 0 Å². The van der Waals surface area contributed by atoms with Gasteiger partial charge in [-0.2, -0.15) is 5.10 Å². The number of aryl methyl sites for hydroxylation is 4. The van der Waals surface area contributed by atoms with Crippen LogP contribution < -0.4 is 5.32 Å². The van der Waals surface area contributed by atoms with Crippen molar-refractivity contribution in [3.63, 3.8) is 0 Å². The molecule has 3 nitrogen and oxygen atoms in total. The molecule has 0 aromatic carbocycles. The van der Waals surface area contributed by atoms with Gasteiger partial charge in [-0.1, -0.05) is 18.5 Å². The van der Waals surface area contributed by atoms with Crippen molar-refractivity contribution in [2.75, 3.05) is 6.54 Å². The van der Waals surface area contributed by atoms with Crippen molar-refractivity contribution in [1.82, 2.24) is 15.1 Å². The normalized spacial score (nSPS) is 12.9. The average molecular weight is 326 g/mol. The van der Waals surface area contributed by atoms with Crippen molar-refractivity contribution in [3.8, 4) is 0 Å².